The van der Waals surface area contributed by atoms with Crippen LogP contribution in [0.1, 0.15) is 37.8 Å². The van der Waals surface area contributed by atoms with Crippen molar-refractivity contribution >= 4 is 19.7 Å². The molecule has 3 nitrogen and oxygen atoms in total. The predicted molar refractivity (Wildman–Crippen MR) is 74.0 cm³/mol. The molecule has 1 rings (SSSR count). The van der Waals surface area contributed by atoms with E-state index in [1.165, 1.54) is 6.07 Å². The zero-order chi connectivity index (χ0) is 13.9. The van der Waals surface area contributed by atoms with E-state index in [2.05, 4.69) is 13.8 Å². The molecule has 0 N–H and O–H groups in total. The van der Waals surface area contributed by atoms with Crippen LogP contribution in [0.25, 0.3) is 0 Å². The molecule has 0 unspecified atom stereocenters. The third kappa shape index (κ3) is 3.39. The molecule has 5 heteroatoms. The minimum absolute atomic E-state index is 0.151. The second-order valence-electron chi connectivity index (χ2n) is 4.31. The summed E-state index contributed by atoms with van der Waals surface area (Å²) in [6.45, 7) is 7.71. The first kappa shape index (κ1) is 15.3. The quantitative estimate of drug-likeness (QED) is 0.775. The number of rotatable bonds is 5. The highest BCUT2D eigenvalue weighted by atomic mass is 35.7. The van der Waals surface area contributed by atoms with Crippen LogP contribution in [-0.2, 0) is 9.05 Å². The van der Waals surface area contributed by atoms with Crippen LogP contribution in [0.3, 0.4) is 0 Å². The van der Waals surface area contributed by atoms with Gasteiger partial charge in [0, 0.05) is 10.7 Å². The highest BCUT2D eigenvalue weighted by molar-refractivity contribution is 8.13. The number of benzene rings is 1. The summed E-state index contributed by atoms with van der Waals surface area (Å²) in [6, 6.07) is 3.18. The van der Waals surface area contributed by atoms with Crippen molar-refractivity contribution < 1.29 is 13.2 Å². The van der Waals surface area contributed by atoms with Crippen molar-refractivity contribution in [1.82, 2.24) is 0 Å². The molecular formula is C13H19ClO3S. The Morgan fingerprint density at radius 2 is 1.72 bits per heavy atom. The first-order valence-electron chi connectivity index (χ1n) is 6.02. The second kappa shape index (κ2) is 5.93. The molecule has 0 amide bonds. The van der Waals surface area contributed by atoms with Gasteiger partial charge in [-0.1, -0.05) is 13.8 Å². The lowest BCUT2D eigenvalue weighted by molar-refractivity contribution is 0.191. The van der Waals surface area contributed by atoms with Crippen LogP contribution >= 0.6 is 10.7 Å². The maximum atomic E-state index is 11.4. The van der Waals surface area contributed by atoms with Gasteiger partial charge >= 0.3 is 0 Å². The summed E-state index contributed by atoms with van der Waals surface area (Å²) >= 11 is 0. The van der Waals surface area contributed by atoms with Crippen LogP contribution in [0.4, 0.5) is 0 Å². The SMILES string of the molecule is CCC(CC)Oc1ccc(S(=O)(=O)Cl)c(C)c1C. The molecular weight excluding hydrogens is 272 g/mol. The smallest absolute Gasteiger partial charge is 0.261 e. The van der Waals surface area contributed by atoms with E-state index in [1.807, 2.05) is 6.92 Å². The van der Waals surface area contributed by atoms with E-state index >= 15 is 0 Å². The summed E-state index contributed by atoms with van der Waals surface area (Å²) in [5.41, 5.74) is 1.47. The van der Waals surface area contributed by atoms with Gasteiger partial charge in [0.25, 0.3) is 9.05 Å². The molecule has 1 aromatic carbocycles. The molecule has 0 radical (unpaired) electrons. The molecule has 0 saturated heterocycles. The number of hydrogen-bond donors (Lipinski definition) is 0. The number of hydrogen-bond acceptors (Lipinski definition) is 3. The molecule has 0 aliphatic rings. The fourth-order valence-electron chi connectivity index (χ4n) is 1.80. The van der Waals surface area contributed by atoms with Crippen LogP contribution in [0.5, 0.6) is 5.75 Å². The van der Waals surface area contributed by atoms with Gasteiger partial charge < -0.3 is 4.74 Å². The van der Waals surface area contributed by atoms with Crippen molar-refractivity contribution in [3.05, 3.63) is 23.3 Å². The lowest BCUT2D eigenvalue weighted by Gasteiger charge is -2.19. The van der Waals surface area contributed by atoms with Gasteiger partial charge in [-0.3, -0.25) is 0 Å². The van der Waals surface area contributed by atoms with E-state index in [4.69, 9.17) is 15.4 Å². The summed E-state index contributed by atoms with van der Waals surface area (Å²) in [5, 5.41) is 0. The second-order valence-corrected chi connectivity index (χ2v) is 6.84. The molecule has 0 bridgehead atoms. The Bertz CT molecular complexity index is 519. The average Bonchev–Trinajstić information content (AvgIpc) is 2.29. The van der Waals surface area contributed by atoms with Crippen LogP contribution in [0.2, 0.25) is 0 Å². The molecule has 0 fully saturated rings. The van der Waals surface area contributed by atoms with Gasteiger partial charge in [0.15, 0.2) is 0 Å². The molecule has 0 saturated carbocycles. The van der Waals surface area contributed by atoms with Gasteiger partial charge in [-0.25, -0.2) is 8.42 Å². The van der Waals surface area contributed by atoms with E-state index < -0.39 is 9.05 Å². The Hall–Kier alpha value is -0.740. The summed E-state index contributed by atoms with van der Waals surface area (Å²) in [7, 11) is 1.68. The van der Waals surface area contributed by atoms with E-state index in [9.17, 15) is 8.42 Å². The third-order valence-corrected chi connectivity index (χ3v) is 4.62. The Balaban J connectivity index is 3.16. The molecule has 18 heavy (non-hydrogen) atoms. The first-order valence-corrected chi connectivity index (χ1v) is 8.33. The summed E-state index contributed by atoms with van der Waals surface area (Å²) < 4.78 is 28.6. The number of halogens is 1. The topological polar surface area (TPSA) is 43.4 Å². The average molecular weight is 291 g/mol. The lowest BCUT2D eigenvalue weighted by Crippen LogP contribution is -2.14. The highest BCUT2D eigenvalue weighted by Crippen LogP contribution is 2.30. The van der Waals surface area contributed by atoms with E-state index in [0.29, 0.717) is 5.56 Å². The van der Waals surface area contributed by atoms with Gasteiger partial charge in [0.2, 0.25) is 0 Å². The van der Waals surface area contributed by atoms with Gasteiger partial charge in [-0.15, -0.1) is 0 Å². The van der Waals surface area contributed by atoms with Crippen molar-refractivity contribution in [2.45, 2.75) is 51.5 Å². The standard InChI is InChI=1S/C13H19ClO3S/c1-5-11(6-2)17-12-7-8-13(18(14,15)16)10(4)9(12)3/h7-8,11H,5-6H2,1-4H3. The van der Waals surface area contributed by atoms with Crippen LogP contribution in [0.15, 0.2) is 17.0 Å². The van der Waals surface area contributed by atoms with Crippen LogP contribution < -0.4 is 4.74 Å². The fourth-order valence-corrected chi connectivity index (χ4v) is 3.05. The minimum atomic E-state index is -3.70. The lowest BCUT2D eigenvalue weighted by atomic mass is 10.1. The molecule has 0 aliphatic heterocycles. The molecule has 0 aliphatic carbocycles. The first-order chi connectivity index (χ1) is 8.31. The summed E-state index contributed by atoms with van der Waals surface area (Å²) in [6.07, 6.45) is 2.00. The highest BCUT2D eigenvalue weighted by Gasteiger charge is 2.18. The molecule has 0 heterocycles. The Morgan fingerprint density at radius 1 is 1.17 bits per heavy atom. The van der Waals surface area contributed by atoms with Gasteiger partial charge in [-0.05, 0) is 49.9 Å². The van der Waals surface area contributed by atoms with E-state index in [-0.39, 0.29) is 11.0 Å². The van der Waals surface area contributed by atoms with Gasteiger partial charge in [0.1, 0.15) is 5.75 Å². The Labute approximate surface area is 114 Å². The van der Waals surface area contributed by atoms with Crippen LogP contribution in [0, 0.1) is 13.8 Å². The molecule has 102 valence electrons. The Morgan fingerprint density at radius 3 is 2.17 bits per heavy atom. The van der Waals surface area contributed by atoms with Crippen molar-refractivity contribution in [3.63, 3.8) is 0 Å². The maximum absolute atomic E-state index is 11.4. The van der Waals surface area contributed by atoms with Crippen LogP contribution in [-0.4, -0.2) is 14.5 Å². The minimum Gasteiger partial charge on any atom is -0.490 e. The van der Waals surface area contributed by atoms with Crippen molar-refractivity contribution in [2.24, 2.45) is 0 Å². The van der Waals surface area contributed by atoms with Gasteiger partial charge in [-0.2, -0.15) is 0 Å². The molecule has 0 aromatic heterocycles. The van der Waals surface area contributed by atoms with E-state index in [0.717, 1.165) is 24.2 Å². The monoisotopic (exact) mass is 290 g/mol. The maximum Gasteiger partial charge on any atom is 0.261 e. The fraction of sp³-hybridized carbons (Fsp3) is 0.538. The molecule has 0 spiro atoms. The largest absolute Gasteiger partial charge is 0.490 e. The zero-order valence-corrected chi connectivity index (χ0v) is 12.7. The number of ether oxygens (including phenoxy) is 1. The zero-order valence-electron chi connectivity index (χ0n) is 11.2. The van der Waals surface area contributed by atoms with Crippen molar-refractivity contribution in [3.8, 4) is 5.75 Å². The normalized spacial score (nSPS) is 11.9. The van der Waals surface area contributed by atoms with E-state index in [1.54, 1.807) is 13.0 Å². The van der Waals surface area contributed by atoms with Gasteiger partial charge in [0.05, 0.1) is 11.0 Å². The molecule has 1 aromatic rings. The molecule has 0 atom stereocenters. The Kier molecular flexibility index (Phi) is 5.05. The third-order valence-electron chi connectivity index (χ3n) is 3.15. The van der Waals surface area contributed by atoms with Crippen molar-refractivity contribution in [1.29, 1.82) is 0 Å². The summed E-state index contributed by atoms with van der Waals surface area (Å²) in [4.78, 5) is 0.151. The van der Waals surface area contributed by atoms with Crippen molar-refractivity contribution in [2.75, 3.05) is 0 Å². The predicted octanol–water partition coefficient (Wildman–Crippen LogP) is 3.80. The summed E-state index contributed by atoms with van der Waals surface area (Å²) in [5.74, 6) is 0.727.